The average Bonchev–Trinajstić information content (AvgIpc) is 2.15. The van der Waals surface area contributed by atoms with Gasteiger partial charge in [0.05, 0.1) is 0 Å². The van der Waals surface area contributed by atoms with Crippen LogP contribution in [-0.4, -0.2) is 37.6 Å². The zero-order valence-electron chi connectivity index (χ0n) is 12.0. The van der Waals surface area contributed by atoms with Crippen molar-refractivity contribution in [3.05, 3.63) is 0 Å². The Kier molecular flexibility index (Phi) is 4.81. The highest BCUT2D eigenvalue weighted by molar-refractivity contribution is 4.89. The number of hydrogen-bond donors (Lipinski definition) is 1. The number of hydrogen-bond acceptors (Lipinski definition) is 2. The fraction of sp³-hybridized carbons (Fsp3) is 1.00. The van der Waals surface area contributed by atoms with E-state index in [1.165, 1.54) is 25.8 Å². The standard InChI is InChI=1S/C14H30N2/c1-11-7-8-12(15-5)13(9-11)16(6)10-14(2,3)4/h11-13,15H,7-10H2,1-6H3. The summed E-state index contributed by atoms with van der Waals surface area (Å²) in [4.78, 5) is 2.57. The lowest BCUT2D eigenvalue weighted by molar-refractivity contribution is 0.0972. The molecular formula is C14H30N2. The molecule has 1 aliphatic rings. The van der Waals surface area contributed by atoms with Gasteiger partial charge in [-0.25, -0.2) is 0 Å². The van der Waals surface area contributed by atoms with Crippen LogP contribution in [0.4, 0.5) is 0 Å². The fourth-order valence-electron chi connectivity index (χ4n) is 3.04. The Hall–Kier alpha value is -0.0800. The van der Waals surface area contributed by atoms with Crippen molar-refractivity contribution < 1.29 is 0 Å². The van der Waals surface area contributed by atoms with Crippen LogP contribution in [0.25, 0.3) is 0 Å². The summed E-state index contributed by atoms with van der Waals surface area (Å²) in [5.74, 6) is 0.886. The molecule has 1 fully saturated rings. The van der Waals surface area contributed by atoms with Crippen LogP contribution in [0.5, 0.6) is 0 Å². The van der Waals surface area contributed by atoms with Crippen LogP contribution >= 0.6 is 0 Å². The van der Waals surface area contributed by atoms with Crippen molar-refractivity contribution in [2.45, 2.75) is 59.0 Å². The molecular weight excluding hydrogens is 196 g/mol. The van der Waals surface area contributed by atoms with Crippen LogP contribution in [0.3, 0.4) is 0 Å². The first-order valence-electron chi connectivity index (χ1n) is 6.71. The molecule has 0 saturated heterocycles. The van der Waals surface area contributed by atoms with Crippen molar-refractivity contribution in [1.29, 1.82) is 0 Å². The molecule has 3 atom stereocenters. The van der Waals surface area contributed by atoms with Crippen LogP contribution in [0.2, 0.25) is 0 Å². The first kappa shape index (κ1) is 14.0. The van der Waals surface area contributed by atoms with Crippen LogP contribution in [0.15, 0.2) is 0 Å². The van der Waals surface area contributed by atoms with Crippen LogP contribution in [0, 0.1) is 11.3 Å². The van der Waals surface area contributed by atoms with Gasteiger partial charge < -0.3 is 10.2 Å². The fourth-order valence-corrected chi connectivity index (χ4v) is 3.04. The zero-order chi connectivity index (χ0) is 12.3. The molecule has 0 aromatic heterocycles. The van der Waals surface area contributed by atoms with Gasteiger partial charge in [-0.05, 0) is 44.7 Å². The van der Waals surface area contributed by atoms with E-state index in [1.54, 1.807) is 0 Å². The largest absolute Gasteiger partial charge is 0.315 e. The van der Waals surface area contributed by atoms with E-state index in [0.29, 0.717) is 17.5 Å². The van der Waals surface area contributed by atoms with Gasteiger partial charge >= 0.3 is 0 Å². The number of likely N-dealkylation sites (N-methyl/N-ethyl adjacent to an activating group) is 2. The summed E-state index contributed by atoms with van der Waals surface area (Å²) in [6, 6.07) is 1.40. The normalized spacial score (nSPS) is 32.1. The highest BCUT2D eigenvalue weighted by atomic mass is 15.2. The second-order valence-corrected chi connectivity index (χ2v) is 6.86. The Bertz CT molecular complexity index is 207. The third-order valence-corrected chi connectivity index (χ3v) is 3.74. The summed E-state index contributed by atoms with van der Waals surface area (Å²) in [5.41, 5.74) is 0.397. The van der Waals surface area contributed by atoms with Gasteiger partial charge in [-0.2, -0.15) is 0 Å². The third kappa shape index (κ3) is 4.06. The molecule has 16 heavy (non-hydrogen) atoms. The Morgan fingerprint density at radius 2 is 1.88 bits per heavy atom. The maximum atomic E-state index is 3.50. The van der Waals surface area contributed by atoms with E-state index >= 15 is 0 Å². The lowest BCUT2D eigenvalue weighted by Gasteiger charge is -2.42. The maximum absolute atomic E-state index is 3.50. The molecule has 0 radical (unpaired) electrons. The molecule has 0 spiro atoms. The summed E-state index contributed by atoms with van der Waals surface area (Å²) in [7, 11) is 4.40. The van der Waals surface area contributed by atoms with E-state index in [0.717, 1.165) is 5.92 Å². The molecule has 1 aliphatic carbocycles. The molecule has 3 unspecified atom stereocenters. The minimum absolute atomic E-state index is 0.397. The second-order valence-electron chi connectivity index (χ2n) is 6.86. The van der Waals surface area contributed by atoms with E-state index < -0.39 is 0 Å². The van der Waals surface area contributed by atoms with Gasteiger partial charge in [-0.1, -0.05) is 27.7 Å². The molecule has 0 aliphatic heterocycles. The number of nitrogens with one attached hydrogen (secondary N) is 1. The van der Waals surface area contributed by atoms with Crippen molar-refractivity contribution in [2.75, 3.05) is 20.6 Å². The quantitative estimate of drug-likeness (QED) is 0.796. The first-order chi connectivity index (χ1) is 7.33. The monoisotopic (exact) mass is 226 g/mol. The maximum Gasteiger partial charge on any atom is 0.0248 e. The van der Waals surface area contributed by atoms with Crippen molar-refractivity contribution in [2.24, 2.45) is 11.3 Å². The Labute approximate surface area is 102 Å². The summed E-state index contributed by atoms with van der Waals surface area (Å²) < 4.78 is 0. The minimum atomic E-state index is 0.397. The second kappa shape index (κ2) is 5.50. The van der Waals surface area contributed by atoms with E-state index in [4.69, 9.17) is 0 Å². The molecule has 1 saturated carbocycles. The zero-order valence-corrected chi connectivity index (χ0v) is 12.0. The highest BCUT2D eigenvalue weighted by Gasteiger charge is 2.31. The van der Waals surface area contributed by atoms with Crippen LogP contribution < -0.4 is 5.32 Å². The third-order valence-electron chi connectivity index (χ3n) is 3.74. The van der Waals surface area contributed by atoms with E-state index in [9.17, 15) is 0 Å². The Morgan fingerprint density at radius 3 is 2.38 bits per heavy atom. The van der Waals surface area contributed by atoms with E-state index in [-0.39, 0.29) is 0 Å². The van der Waals surface area contributed by atoms with Crippen LogP contribution in [-0.2, 0) is 0 Å². The van der Waals surface area contributed by atoms with Gasteiger partial charge in [-0.3, -0.25) is 0 Å². The van der Waals surface area contributed by atoms with Gasteiger partial charge in [0.15, 0.2) is 0 Å². The van der Waals surface area contributed by atoms with Crippen molar-refractivity contribution in [3.63, 3.8) is 0 Å². The molecule has 0 heterocycles. The van der Waals surface area contributed by atoms with E-state index in [1.807, 2.05) is 0 Å². The lowest BCUT2D eigenvalue weighted by atomic mass is 9.82. The van der Waals surface area contributed by atoms with Crippen molar-refractivity contribution in [1.82, 2.24) is 10.2 Å². The smallest absolute Gasteiger partial charge is 0.0248 e. The van der Waals surface area contributed by atoms with Gasteiger partial charge in [0, 0.05) is 18.6 Å². The topological polar surface area (TPSA) is 15.3 Å². The molecule has 0 aromatic rings. The predicted octanol–water partition coefficient (Wildman–Crippen LogP) is 2.74. The molecule has 0 aromatic carbocycles. The number of rotatable bonds is 3. The molecule has 0 amide bonds. The molecule has 1 rings (SSSR count). The lowest BCUT2D eigenvalue weighted by Crippen LogP contribution is -2.52. The van der Waals surface area contributed by atoms with Crippen LogP contribution in [0.1, 0.15) is 47.0 Å². The minimum Gasteiger partial charge on any atom is -0.315 e. The summed E-state index contributed by atoms with van der Waals surface area (Å²) in [6.45, 7) is 10.5. The first-order valence-corrected chi connectivity index (χ1v) is 6.71. The molecule has 2 heteroatoms. The van der Waals surface area contributed by atoms with Gasteiger partial charge in [0.1, 0.15) is 0 Å². The molecule has 96 valence electrons. The number of nitrogens with zero attached hydrogens (tertiary/aromatic N) is 1. The van der Waals surface area contributed by atoms with Gasteiger partial charge in [0.2, 0.25) is 0 Å². The van der Waals surface area contributed by atoms with Gasteiger partial charge in [0.25, 0.3) is 0 Å². The SMILES string of the molecule is CNC1CCC(C)CC1N(C)CC(C)(C)C. The van der Waals surface area contributed by atoms with E-state index in [2.05, 4.69) is 52.0 Å². The average molecular weight is 226 g/mol. The molecule has 0 bridgehead atoms. The predicted molar refractivity (Wildman–Crippen MR) is 71.7 cm³/mol. The summed E-state index contributed by atoms with van der Waals surface area (Å²) >= 11 is 0. The van der Waals surface area contributed by atoms with Gasteiger partial charge in [-0.15, -0.1) is 0 Å². The Morgan fingerprint density at radius 1 is 1.25 bits per heavy atom. The van der Waals surface area contributed by atoms with Crippen molar-refractivity contribution >= 4 is 0 Å². The molecule has 1 N–H and O–H groups in total. The summed E-state index contributed by atoms with van der Waals surface area (Å²) in [5, 5.41) is 3.50. The highest BCUT2D eigenvalue weighted by Crippen LogP contribution is 2.28. The van der Waals surface area contributed by atoms with Crippen molar-refractivity contribution in [3.8, 4) is 0 Å². The molecule has 2 nitrogen and oxygen atoms in total. The Balaban J connectivity index is 2.59. The summed E-state index contributed by atoms with van der Waals surface area (Å²) in [6.07, 6.45) is 4.06.